The van der Waals surface area contributed by atoms with Gasteiger partial charge in [-0.3, -0.25) is 0 Å². The first-order valence-electron chi connectivity index (χ1n) is 9.15. The maximum atomic E-state index is 12.5. The monoisotopic (exact) mass is 386 g/mol. The number of urea groups is 1. The van der Waals surface area contributed by atoms with Crippen molar-refractivity contribution in [1.29, 1.82) is 0 Å². The minimum Gasteiger partial charge on any atom is -0.497 e. The molecule has 3 rings (SSSR count). The van der Waals surface area contributed by atoms with Crippen molar-refractivity contribution in [1.82, 2.24) is 4.90 Å². The van der Waals surface area contributed by atoms with E-state index in [0.29, 0.717) is 17.4 Å². The number of nitrogens with zero attached hydrogens (tertiary/aromatic N) is 1. The van der Waals surface area contributed by atoms with Gasteiger partial charge in [0.25, 0.3) is 0 Å². The summed E-state index contributed by atoms with van der Waals surface area (Å²) in [6, 6.07) is 15.6. The minimum atomic E-state index is -0.0549. The highest BCUT2D eigenvalue weighted by molar-refractivity contribution is 7.99. The van der Waals surface area contributed by atoms with Crippen LogP contribution in [0.25, 0.3) is 0 Å². The smallest absolute Gasteiger partial charge is 0.321 e. The Morgan fingerprint density at radius 1 is 1.07 bits per heavy atom. The molecule has 0 atom stereocenters. The van der Waals surface area contributed by atoms with Crippen molar-refractivity contribution in [2.24, 2.45) is 5.92 Å². The van der Waals surface area contributed by atoms with Crippen LogP contribution in [0.1, 0.15) is 12.8 Å². The molecule has 1 aliphatic rings. The lowest BCUT2D eigenvalue weighted by Crippen LogP contribution is -2.41. The number of hydrogen-bond acceptors (Lipinski definition) is 4. The quantitative estimate of drug-likeness (QED) is 0.729. The van der Waals surface area contributed by atoms with Crippen LogP contribution in [0, 0.1) is 5.92 Å². The van der Waals surface area contributed by atoms with Crippen LogP contribution in [-0.2, 0) is 0 Å². The Morgan fingerprint density at radius 2 is 1.78 bits per heavy atom. The van der Waals surface area contributed by atoms with E-state index in [9.17, 15) is 4.79 Å². The van der Waals surface area contributed by atoms with Gasteiger partial charge < -0.3 is 19.7 Å². The lowest BCUT2D eigenvalue weighted by molar-refractivity contribution is 0.187. The Bertz CT molecular complexity index is 743. The van der Waals surface area contributed by atoms with Crippen LogP contribution < -0.4 is 14.8 Å². The predicted molar refractivity (Wildman–Crippen MR) is 110 cm³/mol. The average molecular weight is 387 g/mol. The first kappa shape index (κ1) is 19.4. The molecule has 1 fully saturated rings. The minimum absolute atomic E-state index is 0.0549. The van der Waals surface area contributed by atoms with Gasteiger partial charge in [0.2, 0.25) is 0 Å². The van der Waals surface area contributed by atoms with E-state index >= 15 is 0 Å². The van der Waals surface area contributed by atoms with E-state index in [1.165, 1.54) is 4.90 Å². The summed E-state index contributed by atoms with van der Waals surface area (Å²) in [6.07, 6.45) is 2.06. The van der Waals surface area contributed by atoms with Gasteiger partial charge in [-0.15, -0.1) is 11.8 Å². The van der Waals surface area contributed by atoms with Gasteiger partial charge >= 0.3 is 6.03 Å². The molecule has 2 aromatic rings. The number of amides is 2. The molecule has 1 aliphatic heterocycles. The number of carbonyl (C=O) groups is 1. The van der Waals surface area contributed by atoms with Gasteiger partial charge in [-0.1, -0.05) is 12.1 Å². The SMILES string of the molecule is COc1ccc(SCC2CCN(C(=O)Nc3ccccc3OC)CC2)cc1. The lowest BCUT2D eigenvalue weighted by atomic mass is 9.99. The number of piperidine rings is 1. The van der Waals surface area contributed by atoms with E-state index in [1.807, 2.05) is 53.1 Å². The van der Waals surface area contributed by atoms with Crippen LogP contribution in [0.5, 0.6) is 11.5 Å². The van der Waals surface area contributed by atoms with Crippen molar-refractivity contribution in [3.05, 3.63) is 48.5 Å². The van der Waals surface area contributed by atoms with Gasteiger partial charge in [-0.05, 0) is 55.2 Å². The summed E-state index contributed by atoms with van der Waals surface area (Å²) >= 11 is 1.87. The van der Waals surface area contributed by atoms with Crippen LogP contribution >= 0.6 is 11.8 Å². The van der Waals surface area contributed by atoms with Gasteiger partial charge in [0.05, 0.1) is 19.9 Å². The highest BCUT2D eigenvalue weighted by Gasteiger charge is 2.23. The number of ether oxygens (including phenoxy) is 2. The number of anilines is 1. The van der Waals surface area contributed by atoms with Crippen molar-refractivity contribution in [2.45, 2.75) is 17.7 Å². The molecule has 144 valence electrons. The molecule has 1 N–H and O–H groups in total. The third-order valence-corrected chi connectivity index (χ3v) is 6.04. The number of rotatable bonds is 6. The molecule has 0 spiro atoms. The Hall–Kier alpha value is -2.34. The fourth-order valence-corrected chi connectivity index (χ4v) is 4.22. The number of para-hydroxylation sites is 2. The van der Waals surface area contributed by atoms with Gasteiger partial charge in [-0.25, -0.2) is 4.79 Å². The van der Waals surface area contributed by atoms with Gasteiger partial charge in [0, 0.05) is 23.7 Å². The fraction of sp³-hybridized carbons (Fsp3) is 0.381. The Kier molecular flexibility index (Phi) is 6.87. The van der Waals surface area contributed by atoms with Gasteiger partial charge in [0.1, 0.15) is 11.5 Å². The molecule has 0 saturated carbocycles. The molecule has 1 heterocycles. The van der Waals surface area contributed by atoms with E-state index in [-0.39, 0.29) is 6.03 Å². The standard InChI is InChI=1S/C21H26N2O3S/c1-25-17-7-9-18(10-8-17)27-15-16-11-13-23(14-12-16)21(24)22-19-5-3-4-6-20(19)26-2/h3-10,16H,11-15H2,1-2H3,(H,22,24). The number of nitrogens with one attached hydrogen (secondary N) is 1. The maximum absolute atomic E-state index is 12.5. The summed E-state index contributed by atoms with van der Waals surface area (Å²) in [6.45, 7) is 1.57. The molecule has 2 aromatic carbocycles. The fourth-order valence-electron chi connectivity index (χ4n) is 3.13. The summed E-state index contributed by atoms with van der Waals surface area (Å²) in [5.41, 5.74) is 0.710. The van der Waals surface area contributed by atoms with E-state index < -0.39 is 0 Å². The van der Waals surface area contributed by atoms with Crippen LogP contribution in [0.4, 0.5) is 10.5 Å². The Balaban J connectivity index is 1.44. The van der Waals surface area contributed by atoms with Crippen LogP contribution in [-0.4, -0.2) is 44.0 Å². The number of thioether (sulfide) groups is 1. The normalized spacial score (nSPS) is 14.7. The van der Waals surface area contributed by atoms with E-state index in [4.69, 9.17) is 9.47 Å². The summed E-state index contributed by atoms with van der Waals surface area (Å²) < 4.78 is 10.5. The first-order valence-corrected chi connectivity index (χ1v) is 10.1. The largest absolute Gasteiger partial charge is 0.497 e. The van der Waals surface area contributed by atoms with Crippen LogP contribution in [0.2, 0.25) is 0 Å². The molecule has 2 amide bonds. The van der Waals surface area contributed by atoms with Crippen LogP contribution in [0.15, 0.2) is 53.4 Å². The van der Waals surface area contributed by atoms with Gasteiger partial charge in [0.15, 0.2) is 0 Å². The third kappa shape index (κ3) is 5.32. The van der Waals surface area contributed by atoms with Gasteiger partial charge in [-0.2, -0.15) is 0 Å². The lowest BCUT2D eigenvalue weighted by Gasteiger charge is -2.32. The third-order valence-electron chi connectivity index (χ3n) is 4.80. The van der Waals surface area contributed by atoms with Crippen molar-refractivity contribution in [2.75, 3.05) is 38.4 Å². The highest BCUT2D eigenvalue weighted by atomic mass is 32.2. The maximum Gasteiger partial charge on any atom is 0.321 e. The van der Waals surface area contributed by atoms with Crippen molar-refractivity contribution < 1.29 is 14.3 Å². The number of hydrogen-bond donors (Lipinski definition) is 1. The molecule has 6 heteroatoms. The molecule has 0 unspecified atom stereocenters. The highest BCUT2D eigenvalue weighted by Crippen LogP contribution is 2.28. The summed E-state index contributed by atoms with van der Waals surface area (Å²) in [4.78, 5) is 15.7. The molecular weight excluding hydrogens is 360 g/mol. The molecule has 0 aromatic heterocycles. The predicted octanol–water partition coefficient (Wildman–Crippen LogP) is 4.74. The summed E-state index contributed by atoms with van der Waals surface area (Å²) in [7, 11) is 3.29. The topological polar surface area (TPSA) is 50.8 Å². The summed E-state index contributed by atoms with van der Waals surface area (Å²) in [5.74, 6) is 3.27. The molecule has 0 bridgehead atoms. The second kappa shape index (κ2) is 9.55. The number of carbonyl (C=O) groups excluding carboxylic acids is 1. The summed E-state index contributed by atoms with van der Waals surface area (Å²) in [5, 5.41) is 2.96. The second-order valence-corrected chi connectivity index (χ2v) is 7.64. The molecule has 1 saturated heterocycles. The zero-order valence-corrected chi connectivity index (χ0v) is 16.6. The van der Waals surface area contributed by atoms with Crippen molar-refractivity contribution in [3.8, 4) is 11.5 Å². The number of benzene rings is 2. The molecule has 27 heavy (non-hydrogen) atoms. The zero-order valence-electron chi connectivity index (χ0n) is 15.8. The number of methoxy groups -OCH3 is 2. The molecule has 0 radical (unpaired) electrons. The average Bonchev–Trinajstić information content (AvgIpc) is 2.73. The van der Waals surface area contributed by atoms with Crippen molar-refractivity contribution in [3.63, 3.8) is 0 Å². The Labute approximate surface area is 165 Å². The molecular formula is C21H26N2O3S. The molecule has 5 nitrogen and oxygen atoms in total. The van der Waals surface area contributed by atoms with E-state index in [0.717, 1.165) is 37.4 Å². The Morgan fingerprint density at radius 3 is 2.44 bits per heavy atom. The number of likely N-dealkylation sites (tertiary alicyclic amines) is 1. The van der Waals surface area contributed by atoms with E-state index in [2.05, 4.69) is 17.4 Å². The van der Waals surface area contributed by atoms with Crippen LogP contribution in [0.3, 0.4) is 0 Å². The second-order valence-electron chi connectivity index (χ2n) is 6.55. The van der Waals surface area contributed by atoms with E-state index in [1.54, 1.807) is 14.2 Å². The first-order chi connectivity index (χ1) is 13.2. The zero-order chi connectivity index (χ0) is 19.1. The molecule has 0 aliphatic carbocycles. The van der Waals surface area contributed by atoms with Crippen molar-refractivity contribution >= 4 is 23.5 Å².